The molecule has 0 saturated carbocycles. The van der Waals surface area contributed by atoms with E-state index < -0.39 is 4.92 Å². The number of nitro groups is 1. The van der Waals surface area contributed by atoms with Crippen molar-refractivity contribution in [3.63, 3.8) is 0 Å². The summed E-state index contributed by atoms with van der Waals surface area (Å²) in [5, 5.41) is 13.8. The summed E-state index contributed by atoms with van der Waals surface area (Å²) in [6, 6.07) is 5.42. The molecule has 19 heavy (non-hydrogen) atoms. The van der Waals surface area contributed by atoms with Crippen molar-refractivity contribution in [2.45, 2.75) is 13.5 Å². The Kier molecular flexibility index (Phi) is 3.86. The summed E-state index contributed by atoms with van der Waals surface area (Å²) in [4.78, 5) is 22.2. The van der Waals surface area contributed by atoms with Crippen LogP contribution in [0.15, 0.2) is 24.4 Å². The summed E-state index contributed by atoms with van der Waals surface area (Å²) >= 11 is 5.71. The molecule has 0 aromatic carbocycles. The molecule has 1 N–H and O–H groups in total. The molecule has 0 atom stereocenters. The van der Waals surface area contributed by atoms with Crippen LogP contribution in [0.4, 0.5) is 11.5 Å². The molecule has 7 nitrogen and oxygen atoms in total. The Morgan fingerprint density at radius 2 is 2.21 bits per heavy atom. The van der Waals surface area contributed by atoms with Gasteiger partial charge in [0.2, 0.25) is 11.1 Å². The predicted octanol–water partition coefficient (Wildman–Crippen LogP) is 2.35. The van der Waals surface area contributed by atoms with Crippen molar-refractivity contribution in [1.29, 1.82) is 0 Å². The van der Waals surface area contributed by atoms with Crippen LogP contribution in [0.1, 0.15) is 11.4 Å². The number of pyridine rings is 1. The van der Waals surface area contributed by atoms with Crippen LogP contribution in [-0.4, -0.2) is 19.9 Å². The molecular formula is C11H10ClN5O2. The molecule has 0 aliphatic heterocycles. The number of anilines is 1. The van der Waals surface area contributed by atoms with Gasteiger partial charge in [0, 0.05) is 6.20 Å². The summed E-state index contributed by atoms with van der Waals surface area (Å²) in [6.07, 6.45) is 1.64. The van der Waals surface area contributed by atoms with Crippen molar-refractivity contribution in [2.75, 3.05) is 5.32 Å². The lowest BCUT2D eigenvalue weighted by Crippen LogP contribution is -2.08. The predicted molar refractivity (Wildman–Crippen MR) is 70.0 cm³/mol. The number of halogens is 1. The van der Waals surface area contributed by atoms with Crippen molar-refractivity contribution in [1.82, 2.24) is 15.0 Å². The smallest absolute Gasteiger partial charge is 0.332 e. The topological polar surface area (TPSA) is 93.8 Å². The van der Waals surface area contributed by atoms with E-state index in [-0.39, 0.29) is 22.5 Å². The number of aryl methyl sites for hydroxylation is 1. The van der Waals surface area contributed by atoms with Crippen molar-refractivity contribution in [3.8, 4) is 0 Å². The van der Waals surface area contributed by atoms with Crippen molar-refractivity contribution in [3.05, 3.63) is 51.2 Å². The summed E-state index contributed by atoms with van der Waals surface area (Å²) in [6.45, 7) is 1.83. The van der Waals surface area contributed by atoms with E-state index in [1.807, 2.05) is 6.07 Å². The summed E-state index contributed by atoms with van der Waals surface area (Å²) in [7, 11) is 0. The highest BCUT2D eigenvalue weighted by molar-refractivity contribution is 6.28. The molecular weight excluding hydrogens is 270 g/mol. The molecule has 0 radical (unpaired) electrons. The van der Waals surface area contributed by atoms with E-state index in [1.54, 1.807) is 18.3 Å². The van der Waals surface area contributed by atoms with Crippen molar-refractivity contribution < 1.29 is 4.92 Å². The fraction of sp³-hybridized carbons (Fsp3) is 0.182. The largest absolute Gasteiger partial charge is 0.359 e. The molecule has 0 aliphatic rings. The van der Waals surface area contributed by atoms with Crippen LogP contribution in [0.25, 0.3) is 0 Å². The lowest BCUT2D eigenvalue weighted by atomic mass is 10.3. The van der Waals surface area contributed by atoms with Crippen LogP contribution < -0.4 is 5.32 Å². The zero-order valence-electron chi connectivity index (χ0n) is 10.00. The summed E-state index contributed by atoms with van der Waals surface area (Å²) in [5.74, 6) is 0.0909. The second-order valence-electron chi connectivity index (χ2n) is 3.71. The SMILES string of the molecule is Cc1nc(Cl)nc(NCc2ccccn2)c1[N+](=O)[O-]. The molecule has 98 valence electrons. The number of rotatable bonds is 4. The normalized spacial score (nSPS) is 10.2. The molecule has 2 rings (SSSR count). The quantitative estimate of drug-likeness (QED) is 0.524. The maximum absolute atomic E-state index is 11.0. The highest BCUT2D eigenvalue weighted by Crippen LogP contribution is 2.26. The second kappa shape index (κ2) is 5.57. The van der Waals surface area contributed by atoms with Crippen LogP contribution in [0, 0.1) is 17.0 Å². The average Bonchev–Trinajstić information content (AvgIpc) is 2.36. The average molecular weight is 280 g/mol. The first-order valence-electron chi connectivity index (χ1n) is 5.40. The third-order valence-corrected chi connectivity index (χ3v) is 2.55. The maximum atomic E-state index is 11.0. The zero-order chi connectivity index (χ0) is 13.8. The highest BCUT2D eigenvalue weighted by atomic mass is 35.5. The van der Waals surface area contributed by atoms with Gasteiger partial charge < -0.3 is 5.32 Å². The van der Waals surface area contributed by atoms with Gasteiger partial charge in [0.15, 0.2) is 0 Å². The van der Waals surface area contributed by atoms with Gasteiger partial charge in [-0.15, -0.1) is 0 Å². The van der Waals surface area contributed by atoms with Crippen LogP contribution in [0.3, 0.4) is 0 Å². The van der Waals surface area contributed by atoms with E-state index in [0.29, 0.717) is 6.54 Å². The summed E-state index contributed by atoms with van der Waals surface area (Å²) in [5.41, 5.74) is 0.776. The molecule has 2 aromatic heterocycles. The van der Waals surface area contributed by atoms with Gasteiger partial charge in [-0.2, -0.15) is 4.98 Å². The zero-order valence-corrected chi connectivity index (χ0v) is 10.8. The minimum atomic E-state index is -0.535. The molecule has 2 aromatic rings. The minimum Gasteiger partial charge on any atom is -0.359 e. The molecule has 0 aliphatic carbocycles. The van der Waals surface area contributed by atoms with Gasteiger partial charge in [-0.1, -0.05) is 6.07 Å². The Hall–Kier alpha value is -2.28. The molecule has 0 fully saturated rings. The van der Waals surface area contributed by atoms with Crippen molar-refractivity contribution >= 4 is 23.1 Å². The van der Waals surface area contributed by atoms with Crippen LogP contribution in [0.5, 0.6) is 0 Å². The number of nitrogens with one attached hydrogen (secondary N) is 1. The van der Waals surface area contributed by atoms with Gasteiger partial charge in [-0.05, 0) is 30.7 Å². The number of hydrogen-bond acceptors (Lipinski definition) is 6. The van der Waals surface area contributed by atoms with Crippen LogP contribution >= 0.6 is 11.6 Å². The first-order valence-corrected chi connectivity index (χ1v) is 5.78. The first-order chi connectivity index (χ1) is 9.08. The molecule has 0 bridgehead atoms. The van der Waals surface area contributed by atoms with Gasteiger partial charge in [0.05, 0.1) is 17.2 Å². The van der Waals surface area contributed by atoms with E-state index >= 15 is 0 Å². The van der Waals surface area contributed by atoms with Crippen LogP contribution in [0.2, 0.25) is 5.28 Å². The van der Waals surface area contributed by atoms with Gasteiger partial charge >= 0.3 is 5.69 Å². The molecule has 2 heterocycles. The molecule has 8 heteroatoms. The Morgan fingerprint density at radius 1 is 1.42 bits per heavy atom. The van der Waals surface area contributed by atoms with E-state index in [9.17, 15) is 10.1 Å². The standard InChI is InChI=1S/C11H10ClN5O2/c1-7-9(17(18)19)10(16-11(12)15-7)14-6-8-4-2-3-5-13-8/h2-5H,6H2,1H3,(H,14,15,16). The Labute approximate surface area is 113 Å². The maximum Gasteiger partial charge on any atom is 0.332 e. The fourth-order valence-electron chi connectivity index (χ4n) is 1.55. The van der Waals surface area contributed by atoms with Gasteiger partial charge in [0.1, 0.15) is 5.69 Å². The van der Waals surface area contributed by atoms with E-state index in [4.69, 9.17) is 11.6 Å². The lowest BCUT2D eigenvalue weighted by molar-refractivity contribution is -0.385. The van der Waals surface area contributed by atoms with Gasteiger partial charge in [-0.3, -0.25) is 15.1 Å². The number of nitrogens with zero attached hydrogens (tertiary/aromatic N) is 4. The molecule has 0 amide bonds. The van der Waals surface area contributed by atoms with Gasteiger partial charge in [0.25, 0.3) is 0 Å². The van der Waals surface area contributed by atoms with Crippen molar-refractivity contribution in [2.24, 2.45) is 0 Å². The highest BCUT2D eigenvalue weighted by Gasteiger charge is 2.21. The van der Waals surface area contributed by atoms with Gasteiger partial charge in [-0.25, -0.2) is 4.98 Å². The third kappa shape index (κ3) is 3.14. The van der Waals surface area contributed by atoms with E-state index in [1.165, 1.54) is 6.92 Å². The fourth-order valence-corrected chi connectivity index (χ4v) is 1.76. The Morgan fingerprint density at radius 3 is 2.84 bits per heavy atom. The minimum absolute atomic E-state index is 0.0355. The number of aromatic nitrogens is 3. The Bertz CT molecular complexity index is 606. The van der Waals surface area contributed by atoms with E-state index in [0.717, 1.165) is 5.69 Å². The Balaban J connectivity index is 2.27. The molecule has 0 saturated heterocycles. The molecule has 0 unspecified atom stereocenters. The third-order valence-electron chi connectivity index (χ3n) is 2.38. The van der Waals surface area contributed by atoms with Crippen LogP contribution in [-0.2, 0) is 6.54 Å². The first kappa shape index (κ1) is 13.2. The second-order valence-corrected chi connectivity index (χ2v) is 4.05. The summed E-state index contributed by atoms with van der Waals surface area (Å²) < 4.78 is 0. The number of hydrogen-bond donors (Lipinski definition) is 1. The lowest BCUT2D eigenvalue weighted by Gasteiger charge is -2.07. The molecule has 0 spiro atoms. The van der Waals surface area contributed by atoms with E-state index in [2.05, 4.69) is 20.3 Å². The monoisotopic (exact) mass is 279 g/mol.